The van der Waals surface area contributed by atoms with Crippen LogP contribution in [0, 0.1) is 0 Å². The van der Waals surface area contributed by atoms with Gasteiger partial charge in [-0.05, 0) is 20.3 Å². The maximum Gasteiger partial charge on any atom is 0.0743 e. The summed E-state index contributed by atoms with van der Waals surface area (Å²) in [6.45, 7) is 9.21. The lowest BCUT2D eigenvalue weighted by atomic mass is 9.97. The van der Waals surface area contributed by atoms with Crippen molar-refractivity contribution in [1.29, 1.82) is 0 Å². The average molecular weight is 230 g/mol. The number of hydrogen-bond donors (Lipinski definition) is 1. The van der Waals surface area contributed by atoms with Gasteiger partial charge in [0.25, 0.3) is 0 Å². The van der Waals surface area contributed by atoms with Crippen LogP contribution < -0.4 is 5.73 Å². The Balaban J connectivity index is 2.68. The number of hydrogen-bond acceptors (Lipinski definition) is 3. The predicted octanol–water partition coefficient (Wildman–Crippen LogP) is 1.55. The molecule has 15 heavy (non-hydrogen) atoms. The van der Waals surface area contributed by atoms with E-state index >= 15 is 0 Å². The summed E-state index contributed by atoms with van der Waals surface area (Å²) in [5, 5.41) is 0. The Labute approximate surface area is 98.0 Å². The molecule has 0 amide bonds. The first-order valence-corrected chi connectivity index (χ1v) is 6.01. The van der Waals surface area contributed by atoms with Gasteiger partial charge in [-0.25, -0.2) is 0 Å². The number of nitrogens with two attached hydrogens (primary N) is 1. The molecule has 0 aromatic heterocycles. The molecule has 1 unspecified atom stereocenters. The van der Waals surface area contributed by atoms with Crippen molar-refractivity contribution in [3.05, 3.63) is 0 Å². The molecule has 3 nitrogen and oxygen atoms in total. The minimum absolute atomic E-state index is 0.101. The van der Waals surface area contributed by atoms with Crippen LogP contribution in [0.1, 0.15) is 33.6 Å². The highest BCUT2D eigenvalue weighted by Crippen LogP contribution is 2.24. The van der Waals surface area contributed by atoms with E-state index in [2.05, 4.69) is 25.7 Å². The van der Waals surface area contributed by atoms with E-state index in [9.17, 15) is 0 Å². The summed E-state index contributed by atoms with van der Waals surface area (Å²) in [6, 6.07) is 0.460. The summed E-state index contributed by atoms with van der Waals surface area (Å²) in [4.78, 5) is 3.10. The highest BCUT2D eigenvalue weighted by molar-refractivity contribution is 7.80. The minimum atomic E-state index is 0.101. The van der Waals surface area contributed by atoms with Gasteiger partial charge in [0.05, 0.1) is 18.2 Å². The summed E-state index contributed by atoms with van der Waals surface area (Å²) in [5.74, 6) is 0. The lowest BCUT2D eigenvalue weighted by Crippen LogP contribution is -2.57. The van der Waals surface area contributed by atoms with E-state index in [0.717, 1.165) is 32.6 Å². The van der Waals surface area contributed by atoms with Crippen LogP contribution in [-0.2, 0) is 4.74 Å². The van der Waals surface area contributed by atoms with Crippen molar-refractivity contribution in [1.82, 2.24) is 4.90 Å². The van der Waals surface area contributed by atoms with Crippen LogP contribution in [0.2, 0.25) is 0 Å². The maximum absolute atomic E-state index is 5.64. The highest BCUT2D eigenvalue weighted by Gasteiger charge is 2.34. The molecule has 1 heterocycles. The van der Waals surface area contributed by atoms with Gasteiger partial charge >= 0.3 is 0 Å². The zero-order chi connectivity index (χ0) is 11.5. The van der Waals surface area contributed by atoms with Crippen LogP contribution in [-0.4, -0.2) is 41.2 Å². The first-order valence-electron chi connectivity index (χ1n) is 5.60. The Kier molecular flexibility index (Phi) is 4.49. The van der Waals surface area contributed by atoms with Gasteiger partial charge in [-0.1, -0.05) is 19.1 Å². The van der Waals surface area contributed by atoms with Crippen LogP contribution >= 0.6 is 12.2 Å². The molecule has 0 aliphatic carbocycles. The Bertz CT molecular complexity index is 231. The molecule has 1 rings (SSSR count). The largest absolute Gasteiger partial charge is 0.393 e. The number of nitrogens with zero attached hydrogens (tertiary/aromatic N) is 1. The van der Waals surface area contributed by atoms with Crippen LogP contribution in [0.3, 0.4) is 0 Å². The molecule has 0 bridgehead atoms. The summed E-state index contributed by atoms with van der Waals surface area (Å²) in [5.41, 5.74) is 5.74. The normalized spacial score (nSPS) is 23.7. The summed E-state index contributed by atoms with van der Waals surface area (Å²) in [6.07, 6.45) is 1.90. The smallest absolute Gasteiger partial charge is 0.0743 e. The molecule has 1 saturated heterocycles. The van der Waals surface area contributed by atoms with Gasteiger partial charge in [-0.15, -0.1) is 0 Å². The average Bonchev–Trinajstić information content (AvgIpc) is 2.14. The van der Waals surface area contributed by atoms with Gasteiger partial charge in [0.1, 0.15) is 0 Å². The van der Waals surface area contributed by atoms with Crippen LogP contribution in [0.4, 0.5) is 0 Å². The van der Waals surface area contributed by atoms with Crippen LogP contribution in [0.15, 0.2) is 0 Å². The third-order valence-corrected chi connectivity index (χ3v) is 3.22. The predicted molar refractivity (Wildman–Crippen MR) is 67.1 cm³/mol. The van der Waals surface area contributed by atoms with E-state index in [4.69, 9.17) is 22.7 Å². The minimum Gasteiger partial charge on any atom is -0.393 e. The molecule has 2 N–H and O–H groups in total. The zero-order valence-electron chi connectivity index (χ0n) is 9.95. The number of rotatable bonds is 4. The van der Waals surface area contributed by atoms with E-state index in [1.54, 1.807) is 0 Å². The van der Waals surface area contributed by atoms with Crippen molar-refractivity contribution in [2.24, 2.45) is 5.73 Å². The van der Waals surface area contributed by atoms with Gasteiger partial charge in [0.2, 0.25) is 0 Å². The standard InChI is InChI=1S/C11H22N2OS/c1-4-9(7-10(12)15)13-5-6-14-8-11(13,2)3/h9H,4-8H2,1-3H3,(H2,12,15). The monoisotopic (exact) mass is 230 g/mol. The first kappa shape index (κ1) is 12.9. The maximum atomic E-state index is 5.64. The lowest BCUT2D eigenvalue weighted by Gasteiger charge is -2.46. The van der Waals surface area contributed by atoms with Crippen molar-refractivity contribution < 1.29 is 4.74 Å². The van der Waals surface area contributed by atoms with Crippen molar-refractivity contribution in [3.8, 4) is 0 Å². The van der Waals surface area contributed by atoms with E-state index in [1.165, 1.54) is 0 Å². The molecule has 1 atom stereocenters. The van der Waals surface area contributed by atoms with Crippen molar-refractivity contribution in [2.75, 3.05) is 19.8 Å². The molecular weight excluding hydrogens is 208 g/mol. The molecule has 4 heteroatoms. The summed E-state index contributed by atoms with van der Waals surface area (Å²) >= 11 is 5.00. The summed E-state index contributed by atoms with van der Waals surface area (Å²) in [7, 11) is 0. The molecule has 1 aliphatic rings. The van der Waals surface area contributed by atoms with Crippen LogP contribution in [0.25, 0.3) is 0 Å². The topological polar surface area (TPSA) is 38.5 Å². The SMILES string of the molecule is CCC(CC(N)=S)N1CCOCC1(C)C. The fourth-order valence-corrected chi connectivity index (χ4v) is 2.45. The molecule has 0 aromatic carbocycles. The van der Waals surface area contributed by atoms with Crippen molar-refractivity contribution >= 4 is 17.2 Å². The van der Waals surface area contributed by atoms with Gasteiger partial charge in [-0.2, -0.15) is 0 Å². The zero-order valence-corrected chi connectivity index (χ0v) is 10.8. The number of thiocarbonyl (C=S) groups is 1. The van der Waals surface area contributed by atoms with Gasteiger partial charge in [0.15, 0.2) is 0 Å². The van der Waals surface area contributed by atoms with E-state index in [0.29, 0.717) is 11.0 Å². The Hall–Kier alpha value is -0.190. The fourth-order valence-electron chi connectivity index (χ4n) is 2.25. The Morgan fingerprint density at radius 3 is 2.73 bits per heavy atom. The molecular formula is C11H22N2OS. The second kappa shape index (κ2) is 5.23. The van der Waals surface area contributed by atoms with Gasteiger partial charge in [-0.3, -0.25) is 4.90 Å². The Morgan fingerprint density at radius 1 is 1.60 bits per heavy atom. The molecule has 0 aromatic rings. The quantitative estimate of drug-likeness (QED) is 0.744. The van der Waals surface area contributed by atoms with Crippen molar-refractivity contribution in [3.63, 3.8) is 0 Å². The van der Waals surface area contributed by atoms with Gasteiger partial charge in [0, 0.05) is 24.5 Å². The second-order valence-electron chi connectivity index (χ2n) is 4.79. The number of ether oxygens (including phenoxy) is 1. The van der Waals surface area contributed by atoms with Crippen LogP contribution in [0.5, 0.6) is 0 Å². The van der Waals surface area contributed by atoms with Gasteiger partial charge < -0.3 is 10.5 Å². The lowest BCUT2D eigenvalue weighted by molar-refractivity contribution is -0.0712. The molecule has 1 fully saturated rings. The molecule has 0 radical (unpaired) electrons. The molecule has 0 spiro atoms. The third-order valence-electron chi connectivity index (χ3n) is 3.06. The Morgan fingerprint density at radius 2 is 2.27 bits per heavy atom. The molecule has 0 saturated carbocycles. The van der Waals surface area contributed by atoms with E-state index < -0.39 is 0 Å². The second-order valence-corrected chi connectivity index (χ2v) is 5.32. The first-order chi connectivity index (χ1) is 6.97. The van der Waals surface area contributed by atoms with E-state index in [1.807, 2.05) is 0 Å². The number of morpholine rings is 1. The van der Waals surface area contributed by atoms with E-state index in [-0.39, 0.29) is 5.54 Å². The highest BCUT2D eigenvalue weighted by atomic mass is 32.1. The summed E-state index contributed by atoms with van der Waals surface area (Å²) < 4.78 is 5.51. The molecule has 1 aliphatic heterocycles. The van der Waals surface area contributed by atoms with Crippen molar-refractivity contribution in [2.45, 2.75) is 45.2 Å². The fraction of sp³-hybridized carbons (Fsp3) is 0.909. The molecule has 88 valence electrons. The third kappa shape index (κ3) is 3.40.